The highest BCUT2D eigenvalue weighted by molar-refractivity contribution is 5.97. The predicted octanol–water partition coefficient (Wildman–Crippen LogP) is 1.16. The van der Waals surface area contributed by atoms with Gasteiger partial charge in [-0.2, -0.15) is 0 Å². The number of aliphatic hydroxyl groups is 1. The number of ether oxygens (including phenoxy) is 1. The van der Waals surface area contributed by atoms with Crippen LogP contribution in [-0.4, -0.2) is 51.8 Å². The number of carboxylic acids is 1. The number of amides is 3. The Bertz CT molecular complexity index is 756. The number of anilines is 1. The molecule has 0 aliphatic rings. The third-order valence-electron chi connectivity index (χ3n) is 3.61. The zero-order chi connectivity index (χ0) is 22.4. The van der Waals surface area contributed by atoms with Crippen molar-refractivity contribution in [1.29, 1.82) is 0 Å². The average molecular weight is 409 g/mol. The van der Waals surface area contributed by atoms with Gasteiger partial charge in [-0.3, -0.25) is 9.59 Å². The number of alkyl carbamates (subject to hydrolysis) is 1. The fraction of sp³-hybridized carbons (Fsp3) is 0.474. The van der Waals surface area contributed by atoms with E-state index in [-0.39, 0.29) is 5.56 Å². The molecular formula is C19H27N3O7. The van der Waals surface area contributed by atoms with Crippen LogP contribution in [0, 0.1) is 0 Å². The molecule has 0 saturated carbocycles. The van der Waals surface area contributed by atoms with Gasteiger partial charge in [-0.25, -0.2) is 9.59 Å². The fourth-order valence-corrected chi connectivity index (χ4v) is 2.10. The molecule has 3 atom stereocenters. The van der Waals surface area contributed by atoms with Gasteiger partial charge in [0.15, 0.2) is 6.10 Å². The summed E-state index contributed by atoms with van der Waals surface area (Å²) in [6.07, 6.45) is -2.40. The molecule has 0 bridgehead atoms. The Balaban J connectivity index is 2.57. The van der Waals surface area contributed by atoms with Crippen molar-refractivity contribution >= 4 is 29.6 Å². The van der Waals surface area contributed by atoms with Gasteiger partial charge in [0, 0.05) is 5.69 Å². The summed E-state index contributed by atoms with van der Waals surface area (Å²) in [4.78, 5) is 46.8. The van der Waals surface area contributed by atoms with Crippen molar-refractivity contribution in [3.63, 3.8) is 0 Å². The fourth-order valence-electron chi connectivity index (χ4n) is 2.10. The molecular weight excluding hydrogens is 382 g/mol. The molecule has 5 N–H and O–H groups in total. The minimum atomic E-state index is -1.66. The highest BCUT2D eigenvalue weighted by Gasteiger charge is 2.24. The van der Waals surface area contributed by atoms with Crippen molar-refractivity contribution in [2.75, 3.05) is 5.32 Å². The number of hydrogen-bond donors (Lipinski definition) is 5. The Morgan fingerprint density at radius 1 is 0.931 bits per heavy atom. The summed E-state index contributed by atoms with van der Waals surface area (Å²) in [5.41, 5.74) is -0.181. The molecule has 1 rings (SSSR count). The number of aliphatic hydroxyl groups excluding tert-OH is 1. The molecule has 29 heavy (non-hydrogen) atoms. The van der Waals surface area contributed by atoms with E-state index in [2.05, 4.69) is 16.0 Å². The maximum absolute atomic E-state index is 12.2. The molecule has 1 aromatic rings. The summed E-state index contributed by atoms with van der Waals surface area (Å²) in [5.74, 6) is -2.47. The predicted molar refractivity (Wildman–Crippen MR) is 104 cm³/mol. The van der Waals surface area contributed by atoms with Gasteiger partial charge in [0.05, 0.1) is 0 Å². The number of rotatable bonds is 7. The Labute approximate surface area is 168 Å². The number of aliphatic carboxylic acids is 1. The summed E-state index contributed by atoms with van der Waals surface area (Å²) in [6, 6.07) is 3.77. The van der Waals surface area contributed by atoms with Gasteiger partial charge in [0.25, 0.3) is 0 Å². The van der Waals surface area contributed by atoms with Crippen molar-refractivity contribution in [2.24, 2.45) is 0 Å². The molecule has 0 spiro atoms. The van der Waals surface area contributed by atoms with Gasteiger partial charge in [-0.05, 0) is 52.3 Å². The number of carboxylic acid groups (broad SMARTS) is 1. The molecule has 0 saturated heterocycles. The number of hydrogen-bond acceptors (Lipinski definition) is 6. The molecule has 1 unspecified atom stereocenters. The Hall–Kier alpha value is -3.14. The van der Waals surface area contributed by atoms with Crippen LogP contribution in [0.25, 0.3) is 0 Å². The quantitative estimate of drug-likeness (QED) is 0.453. The van der Waals surface area contributed by atoms with Crippen molar-refractivity contribution in [2.45, 2.75) is 58.4 Å². The lowest BCUT2D eigenvalue weighted by atomic mass is 10.1. The van der Waals surface area contributed by atoms with E-state index in [1.54, 1.807) is 20.8 Å². The number of nitrogens with one attached hydrogen (secondary N) is 3. The molecule has 10 heteroatoms. The monoisotopic (exact) mass is 409 g/mol. The van der Waals surface area contributed by atoms with E-state index >= 15 is 0 Å². The smallest absolute Gasteiger partial charge is 0.408 e. The molecule has 1 aromatic carbocycles. The van der Waals surface area contributed by atoms with Gasteiger partial charge in [0.1, 0.15) is 17.7 Å². The lowest BCUT2D eigenvalue weighted by Crippen LogP contribution is -2.51. The van der Waals surface area contributed by atoms with Crippen LogP contribution < -0.4 is 16.0 Å². The van der Waals surface area contributed by atoms with Crippen molar-refractivity contribution < 1.29 is 34.1 Å². The van der Waals surface area contributed by atoms with E-state index in [4.69, 9.17) is 9.84 Å². The van der Waals surface area contributed by atoms with Crippen LogP contribution in [0.3, 0.4) is 0 Å². The number of carbonyl (C=O) groups excluding carboxylic acids is 3. The van der Waals surface area contributed by atoms with Crippen LogP contribution in [0.2, 0.25) is 0 Å². The van der Waals surface area contributed by atoms with Crippen LogP contribution in [0.1, 0.15) is 46.3 Å². The maximum Gasteiger partial charge on any atom is 0.408 e. The van der Waals surface area contributed by atoms with Gasteiger partial charge in [0.2, 0.25) is 11.8 Å². The van der Waals surface area contributed by atoms with E-state index in [1.807, 2.05) is 0 Å². The largest absolute Gasteiger partial charge is 0.479 e. The second-order valence-electron chi connectivity index (χ2n) is 7.45. The standard InChI is InChI=1S/C19H27N3O7/c1-10(20-15(24)11(2)21-18(28)29-19(3,4)5)16(25)22-13-8-6-12(7-9-13)14(23)17(26)27/h6-11,14,23H,1-5H3,(H,20,24)(H,21,28)(H,22,25)(H,26,27)/t10-,11-,14?/m0/s1. The summed E-state index contributed by atoms with van der Waals surface area (Å²) in [7, 11) is 0. The summed E-state index contributed by atoms with van der Waals surface area (Å²) >= 11 is 0. The van der Waals surface area contributed by atoms with Crippen LogP contribution >= 0.6 is 0 Å². The van der Waals surface area contributed by atoms with Crippen molar-refractivity contribution in [1.82, 2.24) is 10.6 Å². The van der Waals surface area contributed by atoms with E-state index in [1.165, 1.54) is 38.1 Å². The minimum Gasteiger partial charge on any atom is -0.479 e. The highest BCUT2D eigenvalue weighted by atomic mass is 16.6. The van der Waals surface area contributed by atoms with Crippen LogP contribution in [0.4, 0.5) is 10.5 Å². The Morgan fingerprint density at radius 3 is 1.93 bits per heavy atom. The third kappa shape index (κ3) is 8.18. The molecule has 0 aliphatic heterocycles. The SMILES string of the molecule is C[C@H](NC(=O)OC(C)(C)C)C(=O)N[C@@H](C)C(=O)Nc1ccc(C(O)C(=O)O)cc1. The third-order valence-corrected chi connectivity index (χ3v) is 3.61. The first-order valence-electron chi connectivity index (χ1n) is 8.91. The molecule has 0 radical (unpaired) electrons. The first-order valence-corrected chi connectivity index (χ1v) is 8.91. The van der Waals surface area contributed by atoms with E-state index < -0.39 is 47.7 Å². The zero-order valence-electron chi connectivity index (χ0n) is 17.0. The molecule has 0 aromatic heterocycles. The highest BCUT2D eigenvalue weighted by Crippen LogP contribution is 2.16. The van der Waals surface area contributed by atoms with Gasteiger partial charge >= 0.3 is 12.1 Å². The lowest BCUT2D eigenvalue weighted by molar-refractivity contribution is -0.147. The van der Waals surface area contributed by atoms with E-state index in [0.717, 1.165) is 0 Å². The number of benzene rings is 1. The van der Waals surface area contributed by atoms with Crippen molar-refractivity contribution in [3.8, 4) is 0 Å². The Kier molecular flexibility index (Phi) is 8.14. The number of carbonyl (C=O) groups is 4. The normalized spacial score (nSPS) is 14.1. The van der Waals surface area contributed by atoms with Crippen LogP contribution in [0.5, 0.6) is 0 Å². The van der Waals surface area contributed by atoms with Crippen molar-refractivity contribution in [3.05, 3.63) is 29.8 Å². The van der Waals surface area contributed by atoms with Gasteiger partial charge in [-0.1, -0.05) is 12.1 Å². The average Bonchev–Trinajstić information content (AvgIpc) is 2.59. The van der Waals surface area contributed by atoms with E-state index in [9.17, 15) is 24.3 Å². The summed E-state index contributed by atoms with van der Waals surface area (Å²) < 4.78 is 5.07. The molecule has 0 aliphatic carbocycles. The molecule has 160 valence electrons. The molecule has 3 amide bonds. The summed E-state index contributed by atoms with van der Waals surface area (Å²) in [5, 5.41) is 25.6. The second-order valence-corrected chi connectivity index (χ2v) is 7.45. The van der Waals surface area contributed by atoms with E-state index in [0.29, 0.717) is 5.69 Å². The first-order chi connectivity index (χ1) is 13.3. The molecule has 0 fully saturated rings. The molecule has 0 heterocycles. The second kappa shape index (κ2) is 9.87. The summed E-state index contributed by atoms with van der Waals surface area (Å²) in [6.45, 7) is 8.00. The zero-order valence-corrected chi connectivity index (χ0v) is 17.0. The topological polar surface area (TPSA) is 154 Å². The van der Waals surface area contributed by atoms with Crippen LogP contribution in [-0.2, 0) is 19.1 Å². The van der Waals surface area contributed by atoms with Gasteiger partial charge in [-0.15, -0.1) is 0 Å². The first kappa shape index (κ1) is 23.9. The lowest BCUT2D eigenvalue weighted by Gasteiger charge is -2.22. The van der Waals surface area contributed by atoms with Crippen LogP contribution in [0.15, 0.2) is 24.3 Å². The molecule has 10 nitrogen and oxygen atoms in total. The minimum absolute atomic E-state index is 0.166. The van der Waals surface area contributed by atoms with Gasteiger partial charge < -0.3 is 30.9 Å². The Morgan fingerprint density at radius 2 is 1.45 bits per heavy atom. The maximum atomic E-state index is 12.2.